The van der Waals surface area contributed by atoms with Crippen LogP contribution in [0.2, 0.25) is 0 Å². The highest BCUT2D eigenvalue weighted by Crippen LogP contribution is 2.41. The lowest BCUT2D eigenvalue weighted by molar-refractivity contribution is -0.157. The van der Waals surface area contributed by atoms with Crippen molar-refractivity contribution in [3.8, 4) is 0 Å². The van der Waals surface area contributed by atoms with E-state index in [1.165, 1.54) is 11.0 Å². The van der Waals surface area contributed by atoms with Gasteiger partial charge in [-0.1, -0.05) is 12.1 Å². The van der Waals surface area contributed by atoms with Gasteiger partial charge in [-0.05, 0) is 58.7 Å². The molecule has 7 nitrogen and oxygen atoms in total. The van der Waals surface area contributed by atoms with Crippen LogP contribution in [0.25, 0.3) is 0 Å². The first-order chi connectivity index (χ1) is 14.5. The van der Waals surface area contributed by atoms with Gasteiger partial charge in [-0.25, -0.2) is 9.18 Å². The molecule has 0 N–H and O–H groups in total. The van der Waals surface area contributed by atoms with Crippen molar-refractivity contribution in [3.63, 3.8) is 0 Å². The summed E-state index contributed by atoms with van der Waals surface area (Å²) in [7, 11) is 0. The molecule has 1 heterocycles. The summed E-state index contributed by atoms with van der Waals surface area (Å²) in [4.78, 5) is 39.9. The normalized spacial score (nSPS) is 21.4. The number of piperidine rings is 1. The molecule has 1 fully saturated rings. The average molecular weight is 438 g/mol. The maximum absolute atomic E-state index is 14.4. The molecule has 0 bridgehead atoms. The van der Waals surface area contributed by atoms with E-state index in [9.17, 15) is 18.8 Å². The SMILES string of the molecule is CCOC(=O)C1CN(C(=O)OC(C)(C)C)CC(C(=O)OCC)C1c1cccc(F)c1C. The molecule has 0 aromatic heterocycles. The Hall–Kier alpha value is -2.64. The minimum absolute atomic E-state index is 0.00965. The van der Waals surface area contributed by atoms with E-state index in [2.05, 4.69) is 0 Å². The zero-order chi connectivity index (χ0) is 23.3. The van der Waals surface area contributed by atoms with Crippen LogP contribution in [0.3, 0.4) is 0 Å². The van der Waals surface area contributed by atoms with Crippen LogP contribution in [-0.4, -0.2) is 54.8 Å². The van der Waals surface area contributed by atoms with Crippen LogP contribution in [0.1, 0.15) is 51.7 Å². The van der Waals surface area contributed by atoms with Crippen molar-refractivity contribution in [1.82, 2.24) is 4.90 Å². The fourth-order valence-corrected chi connectivity index (χ4v) is 3.89. The summed E-state index contributed by atoms with van der Waals surface area (Å²) in [6, 6.07) is 4.57. The van der Waals surface area contributed by atoms with Gasteiger partial charge in [0.15, 0.2) is 0 Å². The molecule has 2 rings (SSSR count). The van der Waals surface area contributed by atoms with Crippen molar-refractivity contribution >= 4 is 18.0 Å². The Kier molecular flexibility index (Phi) is 8.03. The number of hydrogen-bond acceptors (Lipinski definition) is 6. The van der Waals surface area contributed by atoms with Crippen molar-refractivity contribution in [2.24, 2.45) is 11.8 Å². The maximum atomic E-state index is 14.4. The number of likely N-dealkylation sites (tertiary alicyclic amines) is 1. The highest BCUT2D eigenvalue weighted by molar-refractivity contribution is 5.81. The predicted molar refractivity (Wildman–Crippen MR) is 112 cm³/mol. The van der Waals surface area contributed by atoms with Gasteiger partial charge >= 0.3 is 18.0 Å². The first-order valence-corrected chi connectivity index (χ1v) is 10.6. The van der Waals surface area contributed by atoms with Crippen molar-refractivity contribution in [2.45, 2.75) is 53.1 Å². The van der Waals surface area contributed by atoms with E-state index < -0.39 is 47.2 Å². The molecule has 1 aliphatic heterocycles. The van der Waals surface area contributed by atoms with E-state index in [-0.39, 0.29) is 26.3 Å². The molecule has 2 atom stereocenters. The third kappa shape index (κ3) is 5.95. The van der Waals surface area contributed by atoms with E-state index in [4.69, 9.17) is 14.2 Å². The van der Waals surface area contributed by atoms with Crippen molar-refractivity contribution in [2.75, 3.05) is 26.3 Å². The first-order valence-electron chi connectivity index (χ1n) is 10.6. The summed E-state index contributed by atoms with van der Waals surface area (Å²) in [5.74, 6) is -4.01. The number of benzene rings is 1. The van der Waals surface area contributed by atoms with Gasteiger partial charge in [0.25, 0.3) is 0 Å². The summed E-state index contributed by atoms with van der Waals surface area (Å²) >= 11 is 0. The number of carbonyl (C=O) groups is 3. The Bertz CT molecular complexity index is 791. The highest BCUT2D eigenvalue weighted by Gasteiger charge is 2.48. The Labute approximate surface area is 182 Å². The molecule has 1 aromatic carbocycles. The molecule has 8 heteroatoms. The molecule has 0 radical (unpaired) electrons. The second kappa shape index (κ2) is 10.1. The molecule has 172 valence electrons. The zero-order valence-electron chi connectivity index (χ0n) is 19.1. The van der Waals surface area contributed by atoms with Crippen molar-refractivity contribution < 1.29 is 33.0 Å². The monoisotopic (exact) mass is 437 g/mol. The number of hydrogen-bond donors (Lipinski definition) is 0. The summed E-state index contributed by atoms with van der Waals surface area (Å²) in [6.45, 7) is 10.4. The lowest BCUT2D eigenvalue weighted by Gasteiger charge is -2.42. The van der Waals surface area contributed by atoms with Gasteiger partial charge < -0.3 is 19.1 Å². The lowest BCUT2D eigenvalue weighted by atomic mass is 9.72. The molecule has 1 aromatic rings. The molecule has 0 aliphatic carbocycles. The summed E-state index contributed by atoms with van der Waals surface area (Å²) in [6.07, 6.45) is -0.634. The van der Waals surface area contributed by atoms with Gasteiger partial charge in [-0.15, -0.1) is 0 Å². The number of carbonyl (C=O) groups excluding carboxylic acids is 3. The largest absolute Gasteiger partial charge is 0.466 e. The van der Waals surface area contributed by atoms with Crippen molar-refractivity contribution in [1.29, 1.82) is 0 Å². The number of rotatable bonds is 5. The molecule has 0 saturated carbocycles. The van der Waals surface area contributed by atoms with Crippen LogP contribution >= 0.6 is 0 Å². The Morgan fingerprint density at radius 2 is 1.55 bits per heavy atom. The number of ether oxygens (including phenoxy) is 3. The third-order valence-electron chi connectivity index (χ3n) is 5.20. The molecular formula is C23H32FNO6. The van der Waals surface area contributed by atoms with E-state index in [0.717, 1.165) is 0 Å². The molecular weight excluding hydrogens is 405 g/mol. The lowest BCUT2D eigenvalue weighted by Crippen LogP contribution is -2.54. The topological polar surface area (TPSA) is 82.1 Å². The van der Waals surface area contributed by atoms with Crippen LogP contribution in [0.15, 0.2) is 18.2 Å². The molecule has 2 unspecified atom stereocenters. The summed E-state index contributed by atoms with van der Waals surface area (Å²) < 4.78 is 30.3. The Morgan fingerprint density at radius 1 is 1.03 bits per heavy atom. The first kappa shape index (κ1) is 24.6. The second-order valence-electron chi connectivity index (χ2n) is 8.58. The van der Waals surface area contributed by atoms with Gasteiger partial charge in [-0.3, -0.25) is 9.59 Å². The van der Waals surface area contributed by atoms with E-state index in [1.54, 1.807) is 53.7 Å². The third-order valence-corrected chi connectivity index (χ3v) is 5.20. The number of esters is 2. The van der Waals surface area contributed by atoms with E-state index in [0.29, 0.717) is 11.1 Å². The van der Waals surface area contributed by atoms with Crippen LogP contribution < -0.4 is 0 Å². The molecule has 0 spiro atoms. The Morgan fingerprint density at radius 3 is 2.00 bits per heavy atom. The summed E-state index contributed by atoms with van der Waals surface area (Å²) in [5, 5.41) is 0. The number of halogens is 1. The van der Waals surface area contributed by atoms with Gasteiger partial charge in [0.05, 0.1) is 25.0 Å². The van der Waals surface area contributed by atoms with Crippen LogP contribution in [0.5, 0.6) is 0 Å². The molecule has 1 amide bonds. The van der Waals surface area contributed by atoms with Gasteiger partial charge in [-0.2, -0.15) is 0 Å². The quantitative estimate of drug-likeness (QED) is 0.514. The van der Waals surface area contributed by atoms with Gasteiger partial charge in [0, 0.05) is 19.0 Å². The van der Waals surface area contributed by atoms with Crippen LogP contribution in [0.4, 0.5) is 9.18 Å². The number of amides is 1. The maximum Gasteiger partial charge on any atom is 0.410 e. The van der Waals surface area contributed by atoms with Crippen LogP contribution in [-0.2, 0) is 23.8 Å². The second-order valence-corrected chi connectivity index (χ2v) is 8.58. The number of nitrogens with zero attached hydrogens (tertiary/aromatic N) is 1. The smallest absolute Gasteiger partial charge is 0.410 e. The van der Waals surface area contributed by atoms with E-state index >= 15 is 0 Å². The Balaban J connectivity index is 2.54. The zero-order valence-corrected chi connectivity index (χ0v) is 19.1. The fourth-order valence-electron chi connectivity index (χ4n) is 3.89. The molecule has 1 saturated heterocycles. The van der Waals surface area contributed by atoms with Crippen molar-refractivity contribution in [3.05, 3.63) is 35.1 Å². The fraction of sp³-hybridized carbons (Fsp3) is 0.609. The van der Waals surface area contributed by atoms with E-state index in [1.807, 2.05) is 0 Å². The van der Waals surface area contributed by atoms with Gasteiger partial charge in [0.1, 0.15) is 11.4 Å². The minimum Gasteiger partial charge on any atom is -0.466 e. The van der Waals surface area contributed by atoms with Crippen LogP contribution in [0, 0.1) is 24.6 Å². The minimum atomic E-state index is -0.879. The highest BCUT2D eigenvalue weighted by atomic mass is 19.1. The standard InChI is InChI=1S/C23H32FNO6/c1-7-29-20(26)16-12-25(22(28)31-23(4,5)6)13-17(21(27)30-8-2)19(16)15-10-9-11-18(24)14(15)3/h9-11,16-17,19H,7-8,12-13H2,1-6H3. The average Bonchev–Trinajstić information content (AvgIpc) is 2.68. The molecule has 1 aliphatic rings. The summed E-state index contributed by atoms with van der Waals surface area (Å²) in [5.41, 5.74) is 0.133. The molecule has 31 heavy (non-hydrogen) atoms. The predicted octanol–water partition coefficient (Wildman–Crippen LogP) is 3.83. The van der Waals surface area contributed by atoms with Gasteiger partial charge in [0.2, 0.25) is 0 Å².